The van der Waals surface area contributed by atoms with Crippen LogP contribution in [0.2, 0.25) is 0 Å². The molecule has 0 aliphatic carbocycles. The van der Waals surface area contributed by atoms with Crippen molar-refractivity contribution in [1.82, 2.24) is 16.0 Å². The molecule has 0 fully saturated rings. The summed E-state index contributed by atoms with van der Waals surface area (Å²) < 4.78 is 58.3. The number of benzene rings is 2. The Morgan fingerprint density at radius 3 is 1.70 bits per heavy atom. The van der Waals surface area contributed by atoms with E-state index >= 15 is 0 Å². The van der Waals surface area contributed by atoms with Crippen LogP contribution < -0.4 is 26.0 Å². The molecular formula is C44H65N5O18. The van der Waals surface area contributed by atoms with Gasteiger partial charge in [0.1, 0.15) is 31.0 Å². The third kappa shape index (κ3) is 26.2. The van der Waals surface area contributed by atoms with E-state index < -0.39 is 53.6 Å². The molecule has 0 spiro atoms. The molecule has 374 valence electrons. The van der Waals surface area contributed by atoms with Crippen LogP contribution in [-0.2, 0) is 63.6 Å². The van der Waals surface area contributed by atoms with Crippen molar-refractivity contribution in [3.05, 3.63) is 76.4 Å². The van der Waals surface area contributed by atoms with Crippen LogP contribution in [0.1, 0.15) is 36.7 Å². The Balaban J connectivity index is 1.80. The Bertz CT molecular complexity index is 1780. The van der Waals surface area contributed by atoms with Crippen LogP contribution in [0.5, 0.6) is 5.75 Å². The maximum Gasteiger partial charge on any atom is 0.514 e. The minimum atomic E-state index is -1.14. The molecule has 23 heteroatoms. The number of carbonyl (C=O) groups is 5. The normalized spacial score (nSPS) is 11.8. The predicted octanol–water partition coefficient (Wildman–Crippen LogP) is 3.18. The van der Waals surface area contributed by atoms with Crippen LogP contribution in [0.4, 0.5) is 21.0 Å². The molecule has 0 aliphatic heterocycles. The number of hydrogen-bond acceptors (Lipinski definition) is 18. The summed E-state index contributed by atoms with van der Waals surface area (Å²) in [6.07, 6.45) is -0.598. The van der Waals surface area contributed by atoms with E-state index in [1.54, 1.807) is 21.0 Å². The second-order valence-corrected chi connectivity index (χ2v) is 14.3. The molecule has 67 heavy (non-hydrogen) atoms. The summed E-state index contributed by atoms with van der Waals surface area (Å²) in [6, 6.07) is 6.93. The minimum absolute atomic E-state index is 0.0101. The molecule has 2 rings (SSSR count). The highest BCUT2D eigenvalue weighted by Crippen LogP contribution is 2.20. The van der Waals surface area contributed by atoms with Crippen molar-refractivity contribution in [3.8, 4) is 5.75 Å². The van der Waals surface area contributed by atoms with E-state index in [1.165, 1.54) is 43.3 Å². The zero-order valence-electron chi connectivity index (χ0n) is 38.6. The topological polar surface area (TPSA) is 278 Å². The molecule has 0 unspecified atom stereocenters. The smallest absolute Gasteiger partial charge is 0.445 e. The highest BCUT2D eigenvalue weighted by atomic mass is 16.7. The quantitative estimate of drug-likeness (QED) is 0.0189. The molecule has 0 bridgehead atoms. The van der Waals surface area contributed by atoms with Crippen molar-refractivity contribution in [3.63, 3.8) is 0 Å². The van der Waals surface area contributed by atoms with E-state index in [0.29, 0.717) is 79.3 Å². The summed E-state index contributed by atoms with van der Waals surface area (Å²) in [6.45, 7) is 14.0. The highest BCUT2D eigenvalue weighted by Gasteiger charge is 2.28. The third-order valence-corrected chi connectivity index (χ3v) is 8.72. The molecule has 2 aromatic carbocycles. The number of rotatable bonds is 37. The van der Waals surface area contributed by atoms with Crippen molar-refractivity contribution < 1.29 is 81.0 Å². The number of non-ortho nitro benzene ring substituents is 1. The molecule has 0 heterocycles. The second-order valence-electron chi connectivity index (χ2n) is 14.3. The molecule has 0 saturated carbocycles. The van der Waals surface area contributed by atoms with Gasteiger partial charge in [-0.25, -0.2) is 9.59 Å². The number of amides is 4. The van der Waals surface area contributed by atoms with E-state index in [1.807, 2.05) is 0 Å². The summed E-state index contributed by atoms with van der Waals surface area (Å²) in [5.74, 6) is -2.23. The first-order valence-electron chi connectivity index (χ1n) is 21.5. The van der Waals surface area contributed by atoms with E-state index in [4.69, 9.17) is 52.1 Å². The fourth-order valence-electron chi connectivity index (χ4n) is 5.24. The molecule has 0 radical (unpaired) electrons. The first-order valence-corrected chi connectivity index (χ1v) is 21.5. The van der Waals surface area contributed by atoms with Crippen molar-refractivity contribution in [2.24, 2.45) is 5.92 Å². The van der Waals surface area contributed by atoms with Crippen LogP contribution in [0.25, 0.3) is 0 Å². The van der Waals surface area contributed by atoms with Gasteiger partial charge in [-0.2, -0.15) is 0 Å². The van der Waals surface area contributed by atoms with Gasteiger partial charge in [0.25, 0.3) is 11.6 Å². The van der Waals surface area contributed by atoms with Crippen LogP contribution in [0.15, 0.2) is 55.1 Å². The Morgan fingerprint density at radius 2 is 1.21 bits per heavy atom. The average molecular weight is 952 g/mol. The zero-order chi connectivity index (χ0) is 49.1. The number of nitrogens with one attached hydrogen (secondary N) is 4. The Morgan fingerprint density at radius 1 is 0.687 bits per heavy atom. The van der Waals surface area contributed by atoms with Crippen LogP contribution in [-0.4, -0.2) is 166 Å². The number of nitrogens with zero attached hydrogens (tertiary/aromatic N) is 1. The number of methoxy groups -OCH3 is 1. The van der Waals surface area contributed by atoms with E-state index in [2.05, 4.69) is 27.8 Å². The lowest BCUT2D eigenvalue weighted by molar-refractivity contribution is -0.384. The van der Waals surface area contributed by atoms with Crippen LogP contribution in [0, 0.1) is 16.0 Å². The van der Waals surface area contributed by atoms with Gasteiger partial charge in [-0.15, -0.1) is 0 Å². The van der Waals surface area contributed by atoms with Gasteiger partial charge in [0, 0.05) is 42.6 Å². The summed E-state index contributed by atoms with van der Waals surface area (Å²) in [4.78, 5) is 74.6. The SMILES string of the molecule is C=CCOC(=O)N[C@H](C(=O)N[C@@H](C)C(=O)Nc1ccc(COC(=O)Oc2ccc([N+](=O)[O-])cc2)c(C(=O)NCCOCCOCCOCCOCCOCCOCCOCCOC)c1)C(C)C. The molecule has 2 atom stereocenters. The van der Waals surface area contributed by atoms with Gasteiger partial charge in [0.2, 0.25) is 11.8 Å². The number of anilines is 1. The number of nitro groups is 1. The first-order chi connectivity index (χ1) is 32.4. The average Bonchev–Trinajstić information content (AvgIpc) is 3.30. The largest absolute Gasteiger partial charge is 0.514 e. The van der Waals surface area contributed by atoms with Crippen LogP contribution in [0.3, 0.4) is 0 Å². The summed E-state index contributed by atoms with van der Waals surface area (Å²) in [5.41, 5.74) is 0.228. The fraction of sp³-hybridized carbons (Fsp3) is 0.568. The zero-order valence-corrected chi connectivity index (χ0v) is 38.6. The lowest BCUT2D eigenvalue weighted by Crippen LogP contribution is -2.53. The standard InChI is InChI=1S/C44H65N5O18/c1-6-14-65-43(53)48-39(32(2)3)42(52)46-33(4)40(50)47-35-8-7-34(31-66-44(54)67-37-11-9-36(10-12-37)49(55)56)38(30-35)41(51)45-13-15-58-18-19-60-22-23-62-26-27-64-29-28-63-25-24-61-21-20-59-17-16-57-5/h6-12,30,32-33,39H,1,13-29,31H2,2-5H3,(H,45,51)(H,46,52)(H,47,50)(H,48,53)/t33-,39-/m0/s1. The van der Waals surface area contributed by atoms with Crippen molar-refractivity contribution in [1.29, 1.82) is 0 Å². The van der Waals surface area contributed by atoms with Gasteiger partial charge in [0.15, 0.2) is 0 Å². The van der Waals surface area contributed by atoms with Crippen molar-refractivity contribution in [2.75, 3.05) is 125 Å². The number of carbonyl (C=O) groups excluding carboxylic acids is 5. The maximum atomic E-state index is 13.4. The monoisotopic (exact) mass is 951 g/mol. The number of nitro benzene ring substituents is 1. The Labute approximate surface area is 389 Å². The molecular weight excluding hydrogens is 887 g/mol. The van der Waals surface area contributed by atoms with Gasteiger partial charge in [0.05, 0.1) is 104 Å². The summed E-state index contributed by atoms with van der Waals surface area (Å²) >= 11 is 0. The van der Waals surface area contributed by atoms with Gasteiger partial charge >= 0.3 is 12.2 Å². The van der Waals surface area contributed by atoms with Crippen LogP contribution >= 0.6 is 0 Å². The molecule has 0 aromatic heterocycles. The van der Waals surface area contributed by atoms with Gasteiger partial charge < -0.3 is 73.4 Å². The molecule has 4 N–H and O–H groups in total. The second kappa shape index (κ2) is 35.4. The molecule has 23 nitrogen and oxygen atoms in total. The van der Waals surface area contributed by atoms with Gasteiger partial charge in [-0.1, -0.05) is 32.6 Å². The fourth-order valence-corrected chi connectivity index (χ4v) is 5.24. The van der Waals surface area contributed by atoms with E-state index in [-0.39, 0.29) is 67.1 Å². The third-order valence-electron chi connectivity index (χ3n) is 8.72. The summed E-state index contributed by atoms with van der Waals surface area (Å²) in [5, 5.41) is 21.3. The van der Waals surface area contributed by atoms with E-state index in [0.717, 1.165) is 12.1 Å². The lowest BCUT2D eigenvalue weighted by Gasteiger charge is -2.23. The van der Waals surface area contributed by atoms with Crippen molar-refractivity contribution in [2.45, 2.75) is 39.5 Å². The predicted molar refractivity (Wildman–Crippen MR) is 240 cm³/mol. The number of ether oxygens (including phenoxy) is 11. The maximum absolute atomic E-state index is 13.4. The Hall–Kier alpha value is -5.79. The summed E-state index contributed by atoms with van der Waals surface area (Å²) in [7, 11) is 1.62. The van der Waals surface area contributed by atoms with Gasteiger partial charge in [-0.3, -0.25) is 24.5 Å². The number of hydrogen-bond donors (Lipinski definition) is 4. The molecule has 0 aliphatic rings. The number of alkyl carbamates (subject to hydrolysis) is 1. The van der Waals surface area contributed by atoms with Crippen molar-refractivity contribution >= 4 is 41.3 Å². The molecule has 0 saturated heterocycles. The van der Waals surface area contributed by atoms with E-state index in [9.17, 15) is 34.1 Å². The molecule has 4 amide bonds. The lowest BCUT2D eigenvalue weighted by atomic mass is 10.0. The van der Waals surface area contributed by atoms with Gasteiger partial charge in [-0.05, 0) is 37.1 Å². The Kier molecular flexibility index (Phi) is 30.3. The highest BCUT2D eigenvalue weighted by molar-refractivity contribution is 6.00. The molecule has 2 aromatic rings. The first kappa shape index (κ1) is 57.3. The minimum Gasteiger partial charge on any atom is -0.445 e.